The molecule has 112 valence electrons. The van der Waals surface area contributed by atoms with Crippen molar-refractivity contribution in [1.29, 1.82) is 0 Å². The number of benzene rings is 1. The van der Waals surface area contributed by atoms with Crippen LogP contribution in [0.25, 0.3) is 10.9 Å². The summed E-state index contributed by atoms with van der Waals surface area (Å²) in [5, 5.41) is 14.7. The number of hydrogen-bond acceptors (Lipinski definition) is 3. The van der Waals surface area contributed by atoms with Gasteiger partial charge in [-0.15, -0.1) is 11.8 Å². The zero-order valence-corrected chi connectivity index (χ0v) is 13.1. The minimum absolute atomic E-state index is 0.256. The summed E-state index contributed by atoms with van der Waals surface area (Å²) < 4.78 is 0. The summed E-state index contributed by atoms with van der Waals surface area (Å²) in [5.41, 5.74) is 4.00. The first-order valence-corrected chi connectivity index (χ1v) is 8.89. The Morgan fingerprint density at radius 3 is 3.19 bits per heavy atom. The fourth-order valence-electron chi connectivity index (χ4n) is 4.02. The third kappa shape index (κ3) is 2.39. The van der Waals surface area contributed by atoms with E-state index in [9.17, 15) is 5.11 Å². The summed E-state index contributed by atoms with van der Waals surface area (Å²) in [6.07, 6.45) is 4.56. The van der Waals surface area contributed by atoms with Crippen LogP contribution in [0.5, 0.6) is 0 Å². The van der Waals surface area contributed by atoms with Crippen LogP contribution in [-0.2, 0) is 6.42 Å². The lowest BCUT2D eigenvalue weighted by atomic mass is 9.73. The van der Waals surface area contributed by atoms with Gasteiger partial charge in [0, 0.05) is 29.1 Å². The lowest BCUT2D eigenvalue weighted by molar-refractivity contribution is 0.274. The number of fused-ring (bicyclic) bond motifs is 2. The van der Waals surface area contributed by atoms with Crippen LogP contribution in [0.15, 0.2) is 24.4 Å². The van der Waals surface area contributed by atoms with Crippen molar-refractivity contribution in [3.05, 3.63) is 35.5 Å². The van der Waals surface area contributed by atoms with Gasteiger partial charge in [0.15, 0.2) is 0 Å². The molecular weight excluding hydrogens is 280 g/mol. The molecule has 21 heavy (non-hydrogen) atoms. The first-order valence-electron chi connectivity index (χ1n) is 7.84. The smallest absolute Gasteiger partial charge is 0.0964 e. The molecule has 1 aromatic carbocycles. The van der Waals surface area contributed by atoms with Crippen molar-refractivity contribution in [2.24, 2.45) is 5.92 Å². The Hall–Kier alpha value is -0.970. The maximum absolute atomic E-state index is 9.48. The number of hydrogen-bond donors (Lipinski definition) is 3. The van der Waals surface area contributed by atoms with Crippen molar-refractivity contribution < 1.29 is 5.11 Å². The highest BCUT2D eigenvalue weighted by Gasteiger charge is 2.36. The van der Waals surface area contributed by atoms with Crippen molar-refractivity contribution in [2.75, 3.05) is 12.3 Å². The summed E-state index contributed by atoms with van der Waals surface area (Å²) in [7, 11) is 0. The fourth-order valence-corrected chi connectivity index (χ4v) is 4.82. The molecule has 1 fully saturated rings. The molecule has 1 aliphatic heterocycles. The number of piperidine rings is 1. The van der Waals surface area contributed by atoms with Crippen LogP contribution in [0, 0.1) is 5.92 Å². The van der Waals surface area contributed by atoms with Gasteiger partial charge >= 0.3 is 0 Å². The van der Waals surface area contributed by atoms with Gasteiger partial charge in [-0.3, -0.25) is 0 Å². The molecule has 1 saturated heterocycles. The largest absolute Gasteiger partial charge is 0.383 e. The fraction of sp³-hybridized carbons (Fsp3) is 0.529. The number of aliphatic hydroxyl groups excluding tert-OH is 1. The van der Waals surface area contributed by atoms with Gasteiger partial charge in [0.25, 0.3) is 0 Å². The Morgan fingerprint density at radius 2 is 2.33 bits per heavy atom. The molecule has 4 heteroatoms. The topological polar surface area (TPSA) is 48.0 Å². The monoisotopic (exact) mass is 302 g/mol. The maximum atomic E-state index is 9.48. The average Bonchev–Trinajstić information content (AvgIpc) is 2.90. The van der Waals surface area contributed by atoms with E-state index in [0.717, 1.165) is 18.7 Å². The number of nitrogens with one attached hydrogen (secondary N) is 2. The highest BCUT2D eigenvalue weighted by Crippen LogP contribution is 2.42. The first kappa shape index (κ1) is 13.7. The van der Waals surface area contributed by atoms with E-state index in [2.05, 4.69) is 34.7 Å². The zero-order valence-electron chi connectivity index (χ0n) is 12.3. The third-order valence-corrected chi connectivity index (χ3v) is 6.12. The average molecular weight is 302 g/mol. The van der Waals surface area contributed by atoms with Crippen LogP contribution in [0.3, 0.4) is 0 Å². The van der Waals surface area contributed by atoms with E-state index in [1.165, 1.54) is 28.5 Å². The summed E-state index contributed by atoms with van der Waals surface area (Å²) >= 11 is 1.67. The molecular formula is C17H22N2OS. The summed E-state index contributed by atoms with van der Waals surface area (Å²) in [4.78, 5) is 3.42. The van der Waals surface area contributed by atoms with Crippen LogP contribution >= 0.6 is 11.8 Å². The molecule has 2 aliphatic rings. The number of aromatic nitrogens is 1. The molecule has 1 aliphatic carbocycles. The molecule has 0 radical (unpaired) electrons. The molecule has 2 aromatic rings. The van der Waals surface area contributed by atoms with Crippen LogP contribution < -0.4 is 5.32 Å². The second kappa shape index (κ2) is 5.34. The normalized spacial score (nSPS) is 29.3. The van der Waals surface area contributed by atoms with Crippen LogP contribution in [0.2, 0.25) is 0 Å². The van der Waals surface area contributed by atoms with E-state index >= 15 is 0 Å². The minimum Gasteiger partial charge on any atom is -0.383 e. The predicted octanol–water partition coefficient (Wildman–Crippen LogP) is 2.86. The number of rotatable bonds is 3. The molecule has 3 nitrogen and oxygen atoms in total. The van der Waals surface area contributed by atoms with Gasteiger partial charge < -0.3 is 15.4 Å². The van der Waals surface area contributed by atoms with E-state index < -0.39 is 0 Å². The predicted molar refractivity (Wildman–Crippen MR) is 88.8 cm³/mol. The van der Waals surface area contributed by atoms with E-state index in [4.69, 9.17) is 0 Å². The van der Waals surface area contributed by atoms with Gasteiger partial charge in [0.05, 0.1) is 5.44 Å². The van der Waals surface area contributed by atoms with Crippen molar-refractivity contribution >= 4 is 22.7 Å². The molecule has 0 bridgehead atoms. The van der Waals surface area contributed by atoms with Crippen LogP contribution in [0.1, 0.15) is 30.4 Å². The number of aliphatic hydroxyl groups is 1. The van der Waals surface area contributed by atoms with Crippen LogP contribution in [0.4, 0.5) is 0 Å². The molecule has 4 atom stereocenters. The molecule has 0 saturated carbocycles. The van der Waals surface area contributed by atoms with E-state index in [0.29, 0.717) is 17.9 Å². The molecule has 3 N–H and O–H groups in total. The summed E-state index contributed by atoms with van der Waals surface area (Å²) in [6.45, 7) is 2.94. The molecule has 0 spiro atoms. The quantitative estimate of drug-likeness (QED) is 0.764. The minimum atomic E-state index is -0.256. The number of H-pyrrole nitrogens is 1. The first-order chi connectivity index (χ1) is 10.2. The van der Waals surface area contributed by atoms with Crippen molar-refractivity contribution in [1.82, 2.24) is 10.3 Å². The highest BCUT2D eigenvalue weighted by atomic mass is 32.2. The zero-order chi connectivity index (χ0) is 14.4. The van der Waals surface area contributed by atoms with Gasteiger partial charge in [-0.05, 0) is 55.2 Å². The van der Waals surface area contributed by atoms with Crippen molar-refractivity contribution in [3.8, 4) is 0 Å². The van der Waals surface area contributed by atoms with Crippen molar-refractivity contribution in [2.45, 2.75) is 37.2 Å². The second-order valence-electron chi connectivity index (χ2n) is 6.44. The molecule has 2 unspecified atom stereocenters. The van der Waals surface area contributed by atoms with E-state index in [1.54, 1.807) is 11.8 Å². The third-order valence-electron chi connectivity index (χ3n) is 4.97. The Kier molecular flexibility index (Phi) is 3.48. The van der Waals surface area contributed by atoms with Gasteiger partial charge in [0.2, 0.25) is 0 Å². The van der Waals surface area contributed by atoms with Gasteiger partial charge in [0.1, 0.15) is 0 Å². The standard InChI is InChI=1S/C17H22N2OS/c1-10(20)21-9-11-5-14-13-3-2-4-15-17(13)12(8-19-15)6-16(14)18-7-11/h2-4,8,10-11,14,16,18-20H,5-7,9H2,1H3/t10?,11?,14-,16-/m1/s1. The maximum Gasteiger partial charge on any atom is 0.0964 e. The molecule has 1 aromatic heterocycles. The lowest BCUT2D eigenvalue weighted by Gasteiger charge is -2.40. The molecule has 0 amide bonds. The highest BCUT2D eigenvalue weighted by molar-refractivity contribution is 7.99. The molecule has 4 rings (SSSR count). The Bertz CT molecular complexity index is 651. The molecule has 2 heterocycles. The van der Waals surface area contributed by atoms with Gasteiger partial charge in [-0.2, -0.15) is 0 Å². The second-order valence-corrected chi connectivity index (χ2v) is 7.79. The number of aromatic amines is 1. The van der Waals surface area contributed by atoms with Gasteiger partial charge in [-0.1, -0.05) is 12.1 Å². The summed E-state index contributed by atoms with van der Waals surface area (Å²) in [6, 6.07) is 7.24. The van der Waals surface area contributed by atoms with Crippen molar-refractivity contribution in [3.63, 3.8) is 0 Å². The SMILES string of the molecule is CC(O)SCC1CN[C@@H]2Cc3c[nH]c4cccc(c34)[C@H]2C1. The van der Waals surface area contributed by atoms with E-state index in [1.807, 2.05) is 6.92 Å². The summed E-state index contributed by atoms with van der Waals surface area (Å²) in [5.74, 6) is 2.32. The Morgan fingerprint density at radius 1 is 1.43 bits per heavy atom. The Balaban J connectivity index is 1.62. The van der Waals surface area contributed by atoms with Gasteiger partial charge in [-0.25, -0.2) is 0 Å². The Labute approximate surface area is 129 Å². The van der Waals surface area contributed by atoms with Crippen LogP contribution in [-0.4, -0.2) is 33.9 Å². The van der Waals surface area contributed by atoms with E-state index in [-0.39, 0.29) is 5.44 Å². The lowest BCUT2D eigenvalue weighted by Crippen LogP contribution is -2.47. The number of thioether (sulfide) groups is 1.